The van der Waals surface area contributed by atoms with Crippen molar-refractivity contribution in [3.8, 4) is 0 Å². The summed E-state index contributed by atoms with van der Waals surface area (Å²) in [6.45, 7) is 4.91. The Morgan fingerprint density at radius 2 is 2.31 bits per heavy atom. The number of pyridine rings is 1. The molecule has 0 unspecified atom stereocenters. The van der Waals surface area contributed by atoms with Crippen molar-refractivity contribution in [1.82, 2.24) is 4.98 Å². The van der Waals surface area contributed by atoms with Crippen molar-refractivity contribution < 1.29 is 4.79 Å². The van der Waals surface area contributed by atoms with Gasteiger partial charge in [-0.1, -0.05) is 0 Å². The molecule has 86 valence electrons. The van der Waals surface area contributed by atoms with Crippen LogP contribution in [0.15, 0.2) is 16.7 Å². The van der Waals surface area contributed by atoms with Gasteiger partial charge in [-0.05, 0) is 35.8 Å². The molecule has 0 aromatic carbocycles. The first-order valence-corrected chi connectivity index (χ1v) is 6.09. The second-order valence-corrected chi connectivity index (χ2v) is 5.03. The van der Waals surface area contributed by atoms with Gasteiger partial charge in [-0.2, -0.15) is 0 Å². The number of nitrogens with zero attached hydrogens (tertiary/aromatic N) is 2. The zero-order chi connectivity index (χ0) is 11.7. The highest BCUT2D eigenvalue weighted by Gasteiger charge is 2.22. The second-order valence-electron chi connectivity index (χ2n) is 4.11. The van der Waals surface area contributed by atoms with Gasteiger partial charge in [0.25, 0.3) is 0 Å². The van der Waals surface area contributed by atoms with Crippen LogP contribution in [0.25, 0.3) is 0 Å². The van der Waals surface area contributed by atoms with E-state index in [9.17, 15) is 4.79 Å². The molecule has 1 N–H and O–H groups in total. The summed E-state index contributed by atoms with van der Waals surface area (Å²) >= 11 is 3.36. The summed E-state index contributed by atoms with van der Waals surface area (Å²) in [5, 5.41) is 2.87. The van der Waals surface area contributed by atoms with E-state index in [1.807, 2.05) is 6.07 Å². The number of amides is 1. The highest BCUT2D eigenvalue weighted by molar-refractivity contribution is 9.10. The van der Waals surface area contributed by atoms with E-state index >= 15 is 0 Å². The molecule has 16 heavy (non-hydrogen) atoms. The smallest absolute Gasteiger partial charge is 0.226 e. The topological polar surface area (TPSA) is 45.2 Å². The number of carbonyl (C=O) groups excluding carboxylic acids is 1. The fraction of sp³-hybridized carbons (Fsp3) is 0.455. The molecular weight excluding hydrogens is 270 g/mol. The summed E-state index contributed by atoms with van der Waals surface area (Å²) in [6.07, 6.45) is 2.26. The molecule has 0 saturated carbocycles. The Morgan fingerprint density at radius 1 is 1.56 bits per heavy atom. The lowest BCUT2D eigenvalue weighted by atomic mass is 10.3. The van der Waals surface area contributed by atoms with Crippen LogP contribution in [0.1, 0.15) is 20.3 Å². The van der Waals surface area contributed by atoms with E-state index in [0.29, 0.717) is 19.0 Å². The van der Waals surface area contributed by atoms with Crippen molar-refractivity contribution in [1.29, 1.82) is 0 Å². The number of hydrogen-bond acceptors (Lipinski definition) is 3. The first-order valence-electron chi connectivity index (χ1n) is 5.30. The van der Waals surface area contributed by atoms with Crippen molar-refractivity contribution in [2.24, 2.45) is 0 Å². The Bertz CT molecular complexity index is 420. The van der Waals surface area contributed by atoms with Crippen LogP contribution in [0.5, 0.6) is 0 Å². The third-order valence-electron chi connectivity index (χ3n) is 2.58. The zero-order valence-corrected chi connectivity index (χ0v) is 10.9. The molecule has 1 aliphatic heterocycles. The normalized spacial score (nSPS) is 15.8. The van der Waals surface area contributed by atoms with Gasteiger partial charge >= 0.3 is 0 Å². The predicted molar refractivity (Wildman–Crippen MR) is 67.7 cm³/mol. The van der Waals surface area contributed by atoms with Gasteiger partial charge in [-0.3, -0.25) is 4.79 Å². The summed E-state index contributed by atoms with van der Waals surface area (Å²) in [4.78, 5) is 18.1. The van der Waals surface area contributed by atoms with Crippen molar-refractivity contribution >= 4 is 33.3 Å². The molecule has 4 nitrogen and oxygen atoms in total. The molecule has 0 bridgehead atoms. The number of fused-ring (bicyclic) bond motifs is 1. The summed E-state index contributed by atoms with van der Waals surface area (Å²) in [7, 11) is 0. The molecule has 0 aliphatic carbocycles. The fourth-order valence-corrected chi connectivity index (χ4v) is 2.13. The lowest BCUT2D eigenvalue weighted by molar-refractivity contribution is -0.115. The molecule has 0 fully saturated rings. The van der Waals surface area contributed by atoms with Gasteiger partial charge in [-0.15, -0.1) is 0 Å². The Labute approximate surface area is 103 Å². The Hall–Kier alpha value is -1.10. The highest BCUT2D eigenvalue weighted by Crippen LogP contribution is 2.30. The number of carbonyl (C=O) groups is 1. The number of anilines is 2. The average Bonchev–Trinajstić information content (AvgIpc) is 2.35. The number of rotatable bonds is 1. The largest absolute Gasteiger partial charge is 0.352 e. The second kappa shape index (κ2) is 4.41. The first-order chi connectivity index (χ1) is 7.58. The highest BCUT2D eigenvalue weighted by atomic mass is 79.9. The van der Waals surface area contributed by atoms with Gasteiger partial charge in [0.15, 0.2) is 5.82 Å². The number of halogens is 1. The summed E-state index contributed by atoms with van der Waals surface area (Å²) in [5.41, 5.74) is 0.783. The van der Waals surface area contributed by atoms with Crippen molar-refractivity contribution in [3.63, 3.8) is 0 Å². The van der Waals surface area contributed by atoms with Crippen molar-refractivity contribution in [2.75, 3.05) is 16.8 Å². The third kappa shape index (κ3) is 2.19. The molecule has 0 radical (unpaired) electrons. The average molecular weight is 284 g/mol. The Kier molecular flexibility index (Phi) is 3.14. The van der Waals surface area contributed by atoms with Gasteiger partial charge in [0.1, 0.15) is 0 Å². The molecule has 0 spiro atoms. The predicted octanol–water partition coefficient (Wildman–Crippen LogP) is 2.40. The first kappa shape index (κ1) is 11.4. The van der Waals surface area contributed by atoms with E-state index in [4.69, 9.17) is 0 Å². The van der Waals surface area contributed by atoms with Crippen molar-refractivity contribution in [3.05, 3.63) is 16.7 Å². The van der Waals surface area contributed by atoms with E-state index in [0.717, 1.165) is 16.0 Å². The minimum Gasteiger partial charge on any atom is -0.352 e. The van der Waals surface area contributed by atoms with Gasteiger partial charge in [-0.25, -0.2) is 4.98 Å². The minimum absolute atomic E-state index is 0.0456. The molecule has 1 aliphatic rings. The quantitative estimate of drug-likeness (QED) is 0.861. The molecule has 1 aromatic heterocycles. The number of nitrogens with one attached hydrogen (secondary N) is 1. The van der Waals surface area contributed by atoms with Crippen LogP contribution in [0.3, 0.4) is 0 Å². The fourth-order valence-electron chi connectivity index (χ4n) is 1.80. The maximum Gasteiger partial charge on any atom is 0.226 e. The van der Waals surface area contributed by atoms with Gasteiger partial charge in [0.2, 0.25) is 5.91 Å². The van der Waals surface area contributed by atoms with Crippen LogP contribution in [0.4, 0.5) is 11.5 Å². The summed E-state index contributed by atoms with van der Waals surface area (Å²) < 4.78 is 0.872. The van der Waals surface area contributed by atoms with E-state index in [1.165, 1.54) is 0 Å². The van der Waals surface area contributed by atoms with Gasteiger partial charge < -0.3 is 10.2 Å². The van der Waals surface area contributed by atoms with E-state index in [1.54, 1.807) is 6.20 Å². The molecule has 0 atom stereocenters. The molecule has 5 heteroatoms. The third-order valence-corrected chi connectivity index (χ3v) is 3.02. The summed E-state index contributed by atoms with van der Waals surface area (Å²) in [6, 6.07) is 2.22. The molecular formula is C11H14BrN3O. The molecule has 2 rings (SSSR count). The lowest BCUT2D eigenvalue weighted by Crippen LogP contribution is -2.32. The van der Waals surface area contributed by atoms with Crippen LogP contribution in [0, 0.1) is 0 Å². The molecule has 0 saturated heterocycles. The molecule has 1 aromatic rings. The van der Waals surface area contributed by atoms with Crippen LogP contribution >= 0.6 is 15.9 Å². The SMILES string of the molecule is CC(C)N1CCC(=O)Nc2cc(Br)cnc21. The maximum atomic E-state index is 11.5. The Balaban J connectivity index is 2.46. The van der Waals surface area contributed by atoms with Crippen LogP contribution in [-0.2, 0) is 4.79 Å². The lowest BCUT2D eigenvalue weighted by Gasteiger charge is -2.26. The van der Waals surface area contributed by atoms with Gasteiger partial charge in [0, 0.05) is 29.7 Å². The van der Waals surface area contributed by atoms with E-state index in [2.05, 4.69) is 45.0 Å². The van der Waals surface area contributed by atoms with Gasteiger partial charge in [0.05, 0.1) is 5.69 Å². The van der Waals surface area contributed by atoms with Crippen LogP contribution in [-0.4, -0.2) is 23.5 Å². The number of aromatic nitrogens is 1. The summed E-state index contributed by atoms with van der Waals surface area (Å²) in [5.74, 6) is 0.897. The minimum atomic E-state index is 0.0456. The standard InChI is InChI=1S/C11H14BrN3O/c1-7(2)15-4-3-10(16)14-9-5-8(12)6-13-11(9)15/h5-7H,3-4H2,1-2H3,(H,14,16). The maximum absolute atomic E-state index is 11.5. The number of hydrogen-bond donors (Lipinski definition) is 1. The Morgan fingerprint density at radius 3 is 3.00 bits per heavy atom. The zero-order valence-electron chi connectivity index (χ0n) is 9.33. The van der Waals surface area contributed by atoms with E-state index in [-0.39, 0.29) is 5.91 Å². The molecule has 2 heterocycles. The van der Waals surface area contributed by atoms with Crippen LogP contribution in [0.2, 0.25) is 0 Å². The van der Waals surface area contributed by atoms with Crippen LogP contribution < -0.4 is 10.2 Å². The van der Waals surface area contributed by atoms with E-state index < -0.39 is 0 Å². The molecule has 1 amide bonds. The van der Waals surface area contributed by atoms with Crippen molar-refractivity contribution in [2.45, 2.75) is 26.3 Å². The monoisotopic (exact) mass is 283 g/mol.